The van der Waals surface area contributed by atoms with Crippen LogP contribution in [0.25, 0.3) is 0 Å². The second-order valence-corrected chi connectivity index (χ2v) is 4.79. The number of nitrogens with two attached hydrogens (primary N) is 2. The van der Waals surface area contributed by atoms with Crippen molar-refractivity contribution < 1.29 is 9.59 Å². The molecule has 5 N–H and O–H groups in total. The highest BCUT2D eigenvalue weighted by molar-refractivity contribution is 5.96. The molecule has 0 spiro atoms. The Labute approximate surface area is 102 Å². The molecule has 0 saturated carbocycles. The maximum atomic E-state index is 11.7. The molecule has 1 rings (SSSR count). The third kappa shape index (κ3) is 3.67. The highest BCUT2D eigenvalue weighted by Gasteiger charge is 2.32. The molecule has 17 heavy (non-hydrogen) atoms. The summed E-state index contributed by atoms with van der Waals surface area (Å²) in [6.45, 7) is 5.32. The van der Waals surface area contributed by atoms with Crippen LogP contribution in [-0.2, 0) is 4.79 Å². The molecule has 3 unspecified atom stereocenters. The van der Waals surface area contributed by atoms with Gasteiger partial charge in [0.15, 0.2) is 0 Å². The van der Waals surface area contributed by atoms with Crippen LogP contribution < -0.4 is 16.8 Å². The van der Waals surface area contributed by atoms with E-state index in [1.807, 2.05) is 0 Å². The largest absolute Gasteiger partial charge is 0.351 e. The molecule has 6 nitrogen and oxygen atoms in total. The lowest BCUT2D eigenvalue weighted by Gasteiger charge is -2.40. The van der Waals surface area contributed by atoms with Crippen LogP contribution in [0.4, 0.5) is 4.79 Å². The molecule has 0 aromatic rings. The third-order valence-corrected chi connectivity index (χ3v) is 3.42. The summed E-state index contributed by atoms with van der Waals surface area (Å²) in [6.07, 6.45) is 2.04. The minimum Gasteiger partial charge on any atom is -0.351 e. The standard InChI is InChI=1S/C11H22N4O2/c1-7-3-4-15(9(5-7)6-12)8(2)10(16)14-11(13)17/h7-9H,3-6,12H2,1-2H3,(H3,13,14,16,17). The minimum atomic E-state index is -0.809. The molecule has 0 aromatic carbocycles. The first kappa shape index (κ1) is 13.9. The van der Waals surface area contributed by atoms with Crippen molar-refractivity contribution in [2.24, 2.45) is 17.4 Å². The molecule has 0 aromatic heterocycles. The van der Waals surface area contributed by atoms with Crippen LogP contribution in [0, 0.1) is 5.92 Å². The van der Waals surface area contributed by atoms with E-state index in [2.05, 4.69) is 17.1 Å². The molecule has 6 heteroatoms. The molecule has 1 saturated heterocycles. The summed E-state index contributed by atoms with van der Waals surface area (Å²) in [4.78, 5) is 24.4. The Morgan fingerprint density at radius 3 is 2.71 bits per heavy atom. The maximum absolute atomic E-state index is 11.7. The van der Waals surface area contributed by atoms with Gasteiger partial charge in [0.05, 0.1) is 6.04 Å². The number of rotatable bonds is 3. The van der Waals surface area contributed by atoms with E-state index in [1.54, 1.807) is 6.92 Å². The number of nitrogens with zero attached hydrogens (tertiary/aromatic N) is 1. The molecular weight excluding hydrogens is 220 g/mol. The first-order chi connectivity index (χ1) is 7.95. The van der Waals surface area contributed by atoms with Crippen LogP contribution in [0.15, 0.2) is 0 Å². The number of carbonyl (C=O) groups is 2. The van der Waals surface area contributed by atoms with Gasteiger partial charge in [0.1, 0.15) is 0 Å². The number of nitrogens with one attached hydrogen (secondary N) is 1. The van der Waals surface area contributed by atoms with Gasteiger partial charge in [-0.05, 0) is 32.2 Å². The molecule has 1 aliphatic heterocycles. The van der Waals surface area contributed by atoms with Gasteiger partial charge in [0.25, 0.3) is 0 Å². The van der Waals surface area contributed by atoms with Crippen LogP contribution in [0.3, 0.4) is 0 Å². The average molecular weight is 242 g/mol. The molecule has 0 bridgehead atoms. The zero-order valence-corrected chi connectivity index (χ0v) is 10.5. The van der Waals surface area contributed by atoms with E-state index in [1.165, 1.54) is 0 Å². The van der Waals surface area contributed by atoms with Gasteiger partial charge < -0.3 is 11.5 Å². The van der Waals surface area contributed by atoms with Gasteiger partial charge in [-0.15, -0.1) is 0 Å². The van der Waals surface area contributed by atoms with E-state index >= 15 is 0 Å². The van der Waals surface area contributed by atoms with Gasteiger partial charge in [-0.2, -0.15) is 0 Å². The average Bonchev–Trinajstić information content (AvgIpc) is 2.27. The summed E-state index contributed by atoms with van der Waals surface area (Å²) in [5.74, 6) is 0.275. The van der Waals surface area contributed by atoms with Crippen molar-refractivity contribution in [1.82, 2.24) is 10.2 Å². The first-order valence-corrected chi connectivity index (χ1v) is 6.01. The fourth-order valence-corrected chi connectivity index (χ4v) is 2.39. The summed E-state index contributed by atoms with van der Waals surface area (Å²) in [7, 11) is 0. The van der Waals surface area contributed by atoms with Gasteiger partial charge in [-0.3, -0.25) is 15.0 Å². The number of carbonyl (C=O) groups excluding carboxylic acids is 2. The molecule has 0 aliphatic carbocycles. The predicted molar refractivity (Wildman–Crippen MR) is 65.1 cm³/mol. The first-order valence-electron chi connectivity index (χ1n) is 6.01. The minimum absolute atomic E-state index is 0.201. The van der Waals surface area contributed by atoms with Gasteiger partial charge in [0.2, 0.25) is 5.91 Å². The number of imide groups is 1. The molecule has 1 aliphatic rings. The summed E-state index contributed by atoms with van der Waals surface area (Å²) < 4.78 is 0. The second-order valence-electron chi connectivity index (χ2n) is 4.79. The van der Waals surface area contributed by atoms with Gasteiger partial charge in [-0.1, -0.05) is 6.92 Å². The number of urea groups is 1. The van der Waals surface area contributed by atoms with Crippen molar-refractivity contribution in [2.45, 2.75) is 38.8 Å². The van der Waals surface area contributed by atoms with E-state index in [0.717, 1.165) is 19.4 Å². The Kier molecular flexibility index (Phi) is 4.89. The van der Waals surface area contributed by atoms with E-state index < -0.39 is 6.03 Å². The quantitative estimate of drug-likeness (QED) is 0.628. The van der Waals surface area contributed by atoms with Crippen molar-refractivity contribution in [2.75, 3.05) is 13.1 Å². The molecule has 0 radical (unpaired) electrons. The molecule has 3 atom stereocenters. The number of amides is 3. The van der Waals surface area contributed by atoms with Crippen LogP contribution >= 0.6 is 0 Å². The normalized spacial score (nSPS) is 27.5. The molecular formula is C11H22N4O2. The van der Waals surface area contributed by atoms with Gasteiger partial charge >= 0.3 is 6.03 Å². The Morgan fingerprint density at radius 2 is 2.18 bits per heavy atom. The fourth-order valence-electron chi connectivity index (χ4n) is 2.39. The monoisotopic (exact) mass is 242 g/mol. The van der Waals surface area contributed by atoms with Gasteiger partial charge in [0, 0.05) is 12.6 Å². The third-order valence-electron chi connectivity index (χ3n) is 3.42. The lowest BCUT2D eigenvalue weighted by Crippen LogP contribution is -2.56. The highest BCUT2D eigenvalue weighted by Crippen LogP contribution is 2.23. The predicted octanol–water partition coefficient (Wildman–Crippen LogP) is -0.371. The van der Waals surface area contributed by atoms with Crippen molar-refractivity contribution in [1.29, 1.82) is 0 Å². The van der Waals surface area contributed by atoms with Crippen LogP contribution in [0.2, 0.25) is 0 Å². The summed E-state index contributed by atoms with van der Waals surface area (Å²) in [5, 5.41) is 2.11. The van der Waals surface area contributed by atoms with Crippen LogP contribution in [0.1, 0.15) is 26.7 Å². The molecule has 1 fully saturated rings. The van der Waals surface area contributed by atoms with E-state index in [9.17, 15) is 9.59 Å². The van der Waals surface area contributed by atoms with E-state index in [4.69, 9.17) is 11.5 Å². The number of hydrogen-bond acceptors (Lipinski definition) is 4. The van der Waals surface area contributed by atoms with Crippen molar-refractivity contribution in [3.8, 4) is 0 Å². The Bertz CT molecular complexity index is 295. The maximum Gasteiger partial charge on any atom is 0.318 e. The summed E-state index contributed by atoms with van der Waals surface area (Å²) in [6, 6.07) is -0.979. The summed E-state index contributed by atoms with van der Waals surface area (Å²) in [5.41, 5.74) is 10.7. The topological polar surface area (TPSA) is 101 Å². The van der Waals surface area contributed by atoms with Gasteiger partial charge in [-0.25, -0.2) is 4.79 Å². The Balaban J connectivity index is 2.63. The van der Waals surface area contributed by atoms with Crippen molar-refractivity contribution in [3.05, 3.63) is 0 Å². The van der Waals surface area contributed by atoms with Crippen LogP contribution in [0.5, 0.6) is 0 Å². The smallest absolute Gasteiger partial charge is 0.318 e. The zero-order chi connectivity index (χ0) is 13.0. The molecule has 98 valence electrons. The lowest BCUT2D eigenvalue weighted by atomic mass is 9.91. The summed E-state index contributed by atoms with van der Waals surface area (Å²) >= 11 is 0. The molecule has 3 amide bonds. The van der Waals surface area contributed by atoms with Crippen molar-refractivity contribution >= 4 is 11.9 Å². The number of piperidine rings is 1. The molecule has 1 heterocycles. The van der Waals surface area contributed by atoms with Crippen molar-refractivity contribution in [3.63, 3.8) is 0 Å². The number of likely N-dealkylation sites (tertiary alicyclic amines) is 1. The fraction of sp³-hybridized carbons (Fsp3) is 0.818. The zero-order valence-electron chi connectivity index (χ0n) is 10.5. The Hall–Kier alpha value is -1.14. The SMILES string of the molecule is CC1CCN(C(C)C(=O)NC(N)=O)C(CN)C1. The number of hydrogen-bond donors (Lipinski definition) is 3. The lowest BCUT2D eigenvalue weighted by molar-refractivity contribution is -0.126. The van der Waals surface area contributed by atoms with Crippen LogP contribution in [-0.4, -0.2) is 42.0 Å². The highest BCUT2D eigenvalue weighted by atomic mass is 16.2. The van der Waals surface area contributed by atoms with E-state index in [-0.39, 0.29) is 18.0 Å². The number of primary amides is 1. The second kappa shape index (κ2) is 5.97. The Morgan fingerprint density at radius 1 is 1.53 bits per heavy atom. The van der Waals surface area contributed by atoms with E-state index in [0.29, 0.717) is 12.5 Å².